The van der Waals surface area contributed by atoms with Crippen LogP contribution in [-0.4, -0.2) is 23.8 Å². The zero-order valence-electron chi connectivity index (χ0n) is 12.7. The van der Waals surface area contributed by atoms with Gasteiger partial charge in [-0.15, -0.1) is 0 Å². The van der Waals surface area contributed by atoms with Gasteiger partial charge in [0.2, 0.25) is 11.7 Å². The van der Waals surface area contributed by atoms with E-state index in [1.165, 1.54) is 0 Å². The molecule has 0 aliphatic rings. The molecule has 0 bridgehead atoms. The standard InChI is InChI=1S/C15H21N3O3/c1-4-15-17-14(18-21-15)10-20-13-7-6-12(19-3)8-11(13)9-16-5-2/h6-8,16H,4-5,9-10H2,1-3H3. The molecule has 2 rings (SSSR count). The number of nitrogens with zero attached hydrogens (tertiary/aromatic N) is 2. The van der Waals surface area contributed by atoms with Gasteiger partial charge in [0.1, 0.15) is 11.5 Å². The molecule has 0 amide bonds. The second-order valence-corrected chi connectivity index (χ2v) is 4.50. The van der Waals surface area contributed by atoms with Crippen molar-refractivity contribution >= 4 is 0 Å². The van der Waals surface area contributed by atoms with Gasteiger partial charge in [-0.25, -0.2) is 0 Å². The third-order valence-corrected chi connectivity index (χ3v) is 3.00. The third kappa shape index (κ3) is 4.19. The fourth-order valence-corrected chi connectivity index (χ4v) is 1.86. The van der Waals surface area contributed by atoms with Crippen molar-refractivity contribution in [2.45, 2.75) is 33.4 Å². The van der Waals surface area contributed by atoms with E-state index >= 15 is 0 Å². The Labute approximate surface area is 124 Å². The number of hydrogen-bond donors (Lipinski definition) is 1. The zero-order valence-corrected chi connectivity index (χ0v) is 12.7. The summed E-state index contributed by atoms with van der Waals surface area (Å²) in [5.41, 5.74) is 1.04. The van der Waals surface area contributed by atoms with Crippen LogP contribution in [0.15, 0.2) is 22.7 Å². The average Bonchev–Trinajstić information content (AvgIpc) is 2.99. The van der Waals surface area contributed by atoms with Crippen molar-refractivity contribution in [1.82, 2.24) is 15.5 Å². The number of aromatic nitrogens is 2. The van der Waals surface area contributed by atoms with E-state index in [0.717, 1.165) is 36.6 Å². The van der Waals surface area contributed by atoms with E-state index in [0.29, 0.717) is 11.7 Å². The minimum atomic E-state index is 0.287. The second-order valence-electron chi connectivity index (χ2n) is 4.50. The number of rotatable bonds is 8. The predicted octanol–water partition coefficient (Wildman–Crippen LogP) is 2.33. The van der Waals surface area contributed by atoms with Gasteiger partial charge in [-0.3, -0.25) is 0 Å². The third-order valence-electron chi connectivity index (χ3n) is 3.00. The number of methoxy groups -OCH3 is 1. The maximum absolute atomic E-state index is 5.80. The number of ether oxygens (including phenoxy) is 2. The first kappa shape index (κ1) is 15.3. The number of benzene rings is 1. The molecular weight excluding hydrogens is 270 g/mol. The average molecular weight is 291 g/mol. The van der Waals surface area contributed by atoms with Crippen molar-refractivity contribution < 1.29 is 14.0 Å². The lowest BCUT2D eigenvalue weighted by atomic mass is 10.2. The molecule has 0 aliphatic heterocycles. The normalized spacial score (nSPS) is 10.6. The molecule has 21 heavy (non-hydrogen) atoms. The monoisotopic (exact) mass is 291 g/mol. The smallest absolute Gasteiger partial charge is 0.226 e. The minimum absolute atomic E-state index is 0.287. The van der Waals surface area contributed by atoms with E-state index in [4.69, 9.17) is 14.0 Å². The van der Waals surface area contributed by atoms with Crippen LogP contribution >= 0.6 is 0 Å². The molecule has 0 atom stereocenters. The lowest BCUT2D eigenvalue weighted by Crippen LogP contribution is -2.13. The molecule has 6 nitrogen and oxygen atoms in total. The van der Waals surface area contributed by atoms with Crippen molar-refractivity contribution in [2.75, 3.05) is 13.7 Å². The summed E-state index contributed by atoms with van der Waals surface area (Å²) in [4.78, 5) is 4.23. The molecule has 6 heteroatoms. The van der Waals surface area contributed by atoms with Crippen molar-refractivity contribution in [3.63, 3.8) is 0 Å². The Morgan fingerprint density at radius 1 is 1.29 bits per heavy atom. The van der Waals surface area contributed by atoms with E-state index in [2.05, 4.69) is 22.4 Å². The van der Waals surface area contributed by atoms with Crippen molar-refractivity contribution in [1.29, 1.82) is 0 Å². The summed E-state index contributed by atoms with van der Waals surface area (Å²) in [6.45, 7) is 5.92. The molecule has 0 saturated heterocycles. The highest BCUT2D eigenvalue weighted by atomic mass is 16.5. The molecule has 0 aliphatic carbocycles. The Bertz CT molecular complexity index is 569. The van der Waals surface area contributed by atoms with Crippen LogP contribution in [0.1, 0.15) is 31.1 Å². The Morgan fingerprint density at radius 2 is 2.14 bits per heavy atom. The molecule has 1 aromatic carbocycles. The molecule has 0 radical (unpaired) electrons. The summed E-state index contributed by atoms with van der Waals surface area (Å²) < 4.78 is 16.1. The largest absolute Gasteiger partial charge is 0.497 e. The van der Waals surface area contributed by atoms with E-state index in [1.54, 1.807) is 7.11 Å². The lowest BCUT2D eigenvalue weighted by Gasteiger charge is -2.12. The number of aryl methyl sites for hydroxylation is 1. The summed E-state index contributed by atoms with van der Waals surface area (Å²) in [6.07, 6.45) is 0.723. The molecule has 1 aromatic heterocycles. The first-order valence-electron chi connectivity index (χ1n) is 7.08. The Morgan fingerprint density at radius 3 is 2.81 bits per heavy atom. The van der Waals surface area contributed by atoms with Gasteiger partial charge < -0.3 is 19.3 Å². The molecule has 0 spiro atoms. The fraction of sp³-hybridized carbons (Fsp3) is 0.467. The van der Waals surface area contributed by atoms with E-state index in [-0.39, 0.29) is 6.61 Å². The van der Waals surface area contributed by atoms with Gasteiger partial charge in [0.05, 0.1) is 7.11 Å². The summed E-state index contributed by atoms with van der Waals surface area (Å²) in [5, 5.41) is 7.16. The second kappa shape index (κ2) is 7.64. The quantitative estimate of drug-likeness (QED) is 0.805. The Hall–Kier alpha value is -2.08. The molecule has 1 N–H and O–H groups in total. The van der Waals surface area contributed by atoms with Crippen LogP contribution < -0.4 is 14.8 Å². The summed E-state index contributed by atoms with van der Waals surface area (Å²) in [5.74, 6) is 2.77. The van der Waals surface area contributed by atoms with Gasteiger partial charge >= 0.3 is 0 Å². The summed E-state index contributed by atoms with van der Waals surface area (Å²) >= 11 is 0. The van der Waals surface area contributed by atoms with Crippen molar-refractivity contribution in [2.24, 2.45) is 0 Å². The van der Waals surface area contributed by atoms with Crippen LogP contribution in [0.2, 0.25) is 0 Å². The number of nitrogens with one attached hydrogen (secondary N) is 1. The molecular formula is C15H21N3O3. The lowest BCUT2D eigenvalue weighted by molar-refractivity contribution is 0.281. The van der Waals surface area contributed by atoms with Gasteiger partial charge in [-0.05, 0) is 24.7 Å². The maximum Gasteiger partial charge on any atom is 0.226 e. The highest BCUT2D eigenvalue weighted by Gasteiger charge is 2.09. The molecule has 0 unspecified atom stereocenters. The SMILES string of the molecule is CCNCc1cc(OC)ccc1OCc1noc(CC)n1. The molecule has 114 valence electrons. The summed E-state index contributed by atoms with van der Waals surface area (Å²) in [7, 11) is 1.65. The first-order chi connectivity index (χ1) is 10.3. The fourth-order valence-electron chi connectivity index (χ4n) is 1.86. The van der Waals surface area contributed by atoms with Crippen molar-refractivity contribution in [3.8, 4) is 11.5 Å². The Balaban J connectivity index is 2.06. The van der Waals surface area contributed by atoms with Gasteiger partial charge in [-0.2, -0.15) is 4.98 Å². The van der Waals surface area contributed by atoms with E-state index < -0.39 is 0 Å². The predicted molar refractivity (Wildman–Crippen MR) is 78.4 cm³/mol. The van der Waals surface area contributed by atoms with Crippen LogP contribution in [-0.2, 0) is 19.6 Å². The Kier molecular flexibility index (Phi) is 5.57. The van der Waals surface area contributed by atoms with Crippen LogP contribution in [0, 0.1) is 0 Å². The zero-order chi connectivity index (χ0) is 15.1. The molecule has 1 heterocycles. The summed E-state index contributed by atoms with van der Waals surface area (Å²) in [6, 6.07) is 5.73. The van der Waals surface area contributed by atoms with Crippen LogP contribution in [0.4, 0.5) is 0 Å². The van der Waals surface area contributed by atoms with Crippen LogP contribution in [0.3, 0.4) is 0 Å². The van der Waals surface area contributed by atoms with Crippen LogP contribution in [0.25, 0.3) is 0 Å². The van der Waals surface area contributed by atoms with Gasteiger partial charge in [0.15, 0.2) is 6.61 Å². The highest BCUT2D eigenvalue weighted by molar-refractivity contribution is 5.40. The van der Waals surface area contributed by atoms with Crippen LogP contribution in [0.5, 0.6) is 11.5 Å². The first-order valence-corrected chi connectivity index (χ1v) is 7.08. The van der Waals surface area contributed by atoms with E-state index in [1.807, 2.05) is 25.1 Å². The maximum atomic E-state index is 5.80. The van der Waals surface area contributed by atoms with Gasteiger partial charge in [0, 0.05) is 18.5 Å². The molecule has 0 saturated carbocycles. The molecule has 2 aromatic rings. The van der Waals surface area contributed by atoms with E-state index in [9.17, 15) is 0 Å². The minimum Gasteiger partial charge on any atom is -0.497 e. The molecule has 0 fully saturated rings. The topological polar surface area (TPSA) is 69.4 Å². The van der Waals surface area contributed by atoms with Gasteiger partial charge in [-0.1, -0.05) is 19.0 Å². The van der Waals surface area contributed by atoms with Crippen molar-refractivity contribution in [3.05, 3.63) is 35.5 Å². The van der Waals surface area contributed by atoms with Gasteiger partial charge in [0.25, 0.3) is 0 Å². The highest BCUT2D eigenvalue weighted by Crippen LogP contribution is 2.24. The number of hydrogen-bond acceptors (Lipinski definition) is 6.